The molecule has 2 heterocycles. The number of pyridine rings is 1. The van der Waals surface area contributed by atoms with Crippen LogP contribution in [0.3, 0.4) is 0 Å². The maximum Gasteiger partial charge on any atom is 0.341 e. The number of methoxy groups -OCH3 is 1. The van der Waals surface area contributed by atoms with Gasteiger partial charge in [-0.05, 0) is 26.0 Å². The number of hydrogen-bond donors (Lipinski definition) is 1. The van der Waals surface area contributed by atoms with Gasteiger partial charge in [-0.15, -0.1) is 0 Å². The molecule has 0 spiro atoms. The van der Waals surface area contributed by atoms with Crippen molar-refractivity contribution in [2.75, 3.05) is 13.7 Å². The molecule has 0 saturated carbocycles. The van der Waals surface area contributed by atoms with Crippen LogP contribution >= 0.6 is 0 Å². The summed E-state index contributed by atoms with van der Waals surface area (Å²) >= 11 is 0. The van der Waals surface area contributed by atoms with E-state index in [1.54, 1.807) is 38.2 Å². The predicted octanol–water partition coefficient (Wildman–Crippen LogP) is 2.35. The molecule has 0 aliphatic heterocycles. The van der Waals surface area contributed by atoms with Crippen LogP contribution in [0.2, 0.25) is 0 Å². The van der Waals surface area contributed by atoms with Crippen molar-refractivity contribution < 1.29 is 19.1 Å². The molecule has 0 unspecified atom stereocenters. The van der Waals surface area contributed by atoms with Gasteiger partial charge in [-0.1, -0.05) is 6.07 Å². The third-order valence-corrected chi connectivity index (χ3v) is 2.98. The lowest BCUT2D eigenvalue weighted by Crippen LogP contribution is -2.12. The third kappa shape index (κ3) is 2.79. The fourth-order valence-electron chi connectivity index (χ4n) is 2.09. The zero-order chi connectivity index (χ0) is 15.4. The van der Waals surface area contributed by atoms with Crippen molar-refractivity contribution >= 4 is 11.9 Å². The average molecular weight is 288 g/mol. The van der Waals surface area contributed by atoms with Crippen molar-refractivity contribution in [2.45, 2.75) is 13.8 Å². The molecule has 0 bridgehead atoms. The standard InChI is InChI=1S/C15H16N2O4/c1-4-21-15(19)12-11(14(18)20-3)9(2)17-13(12)10-7-5-6-8-16-10/h5-8,17H,4H2,1-3H3. The molecule has 2 rings (SSSR count). The normalized spacial score (nSPS) is 10.2. The fourth-order valence-corrected chi connectivity index (χ4v) is 2.09. The lowest BCUT2D eigenvalue weighted by Gasteiger charge is -2.06. The zero-order valence-electron chi connectivity index (χ0n) is 12.1. The van der Waals surface area contributed by atoms with Crippen LogP contribution in [-0.4, -0.2) is 35.6 Å². The number of aryl methyl sites for hydroxylation is 1. The number of aromatic amines is 1. The van der Waals surface area contributed by atoms with Gasteiger partial charge in [0.15, 0.2) is 0 Å². The van der Waals surface area contributed by atoms with Crippen LogP contribution in [0.4, 0.5) is 0 Å². The highest BCUT2D eigenvalue weighted by atomic mass is 16.5. The Kier molecular flexibility index (Phi) is 4.37. The average Bonchev–Trinajstić information content (AvgIpc) is 2.85. The highest BCUT2D eigenvalue weighted by Crippen LogP contribution is 2.28. The van der Waals surface area contributed by atoms with E-state index in [1.807, 2.05) is 0 Å². The lowest BCUT2D eigenvalue weighted by molar-refractivity contribution is 0.0505. The minimum atomic E-state index is -0.589. The van der Waals surface area contributed by atoms with Gasteiger partial charge < -0.3 is 14.5 Å². The number of hydrogen-bond acceptors (Lipinski definition) is 5. The highest BCUT2D eigenvalue weighted by molar-refractivity contribution is 6.08. The largest absolute Gasteiger partial charge is 0.465 e. The topological polar surface area (TPSA) is 81.3 Å². The maximum absolute atomic E-state index is 12.2. The molecule has 110 valence electrons. The first kappa shape index (κ1) is 14.8. The number of H-pyrrole nitrogens is 1. The van der Waals surface area contributed by atoms with Crippen LogP contribution < -0.4 is 0 Å². The number of ether oxygens (including phenoxy) is 2. The zero-order valence-corrected chi connectivity index (χ0v) is 12.1. The Morgan fingerprint density at radius 3 is 2.57 bits per heavy atom. The summed E-state index contributed by atoms with van der Waals surface area (Å²) in [5.41, 5.74) is 1.87. The van der Waals surface area contributed by atoms with Crippen molar-refractivity contribution in [1.82, 2.24) is 9.97 Å². The van der Waals surface area contributed by atoms with Crippen LogP contribution in [0, 0.1) is 6.92 Å². The third-order valence-electron chi connectivity index (χ3n) is 2.98. The van der Waals surface area contributed by atoms with Crippen molar-refractivity contribution in [2.24, 2.45) is 0 Å². The molecule has 1 N–H and O–H groups in total. The predicted molar refractivity (Wildman–Crippen MR) is 76.1 cm³/mol. The molecular weight excluding hydrogens is 272 g/mol. The summed E-state index contributed by atoms with van der Waals surface area (Å²) in [6, 6.07) is 5.31. The van der Waals surface area contributed by atoms with Crippen LogP contribution in [0.5, 0.6) is 0 Å². The number of esters is 2. The van der Waals surface area contributed by atoms with E-state index in [1.165, 1.54) is 7.11 Å². The van der Waals surface area contributed by atoms with Gasteiger partial charge in [0, 0.05) is 11.9 Å². The SMILES string of the molecule is CCOC(=O)c1c(-c2ccccn2)[nH]c(C)c1C(=O)OC. The Balaban J connectivity index is 2.66. The van der Waals surface area contributed by atoms with E-state index >= 15 is 0 Å². The molecule has 0 aromatic carbocycles. The second-order valence-electron chi connectivity index (χ2n) is 4.30. The van der Waals surface area contributed by atoms with Crippen molar-refractivity contribution in [3.05, 3.63) is 41.2 Å². The van der Waals surface area contributed by atoms with E-state index < -0.39 is 11.9 Å². The molecule has 2 aromatic heterocycles. The first-order valence-electron chi connectivity index (χ1n) is 6.49. The van der Waals surface area contributed by atoms with Crippen LogP contribution in [-0.2, 0) is 9.47 Å². The number of rotatable bonds is 4. The van der Waals surface area contributed by atoms with Gasteiger partial charge in [0.05, 0.1) is 30.7 Å². The minimum absolute atomic E-state index is 0.153. The molecule has 6 nitrogen and oxygen atoms in total. The summed E-state index contributed by atoms with van der Waals surface area (Å²) in [5, 5.41) is 0. The van der Waals surface area contributed by atoms with Crippen molar-refractivity contribution in [1.29, 1.82) is 0 Å². The van der Waals surface area contributed by atoms with E-state index in [0.29, 0.717) is 17.1 Å². The summed E-state index contributed by atoms with van der Waals surface area (Å²) in [6.45, 7) is 3.61. The Morgan fingerprint density at radius 2 is 2.00 bits per heavy atom. The molecular formula is C15H16N2O4. The Bertz CT molecular complexity index is 662. The van der Waals surface area contributed by atoms with Gasteiger partial charge in [0.1, 0.15) is 5.56 Å². The number of carbonyl (C=O) groups is 2. The van der Waals surface area contributed by atoms with Gasteiger partial charge >= 0.3 is 11.9 Å². The number of aromatic nitrogens is 2. The second-order valence-corrected chi connectivity index (χ2v) is 4.30. The fraction of sp³-hybridized carbons (Fsp3) is 0.267. The van der Waals surface area contributed by atoms with E-state index in [4.69, 9.17) is 9.47 Å². The van der Waals surface area contributed by atoms with Crippen molar-refractivity contribution in [3.8, 4) is 11.4 Å². The number of carbonyl (C=O) groups excluding carboxylic acids is 2. The quantitative estimate of drug-likeness (QED) is 0.873. The number of nitrogens with zero attached hydrogens (tertiary/aromatic N) is 1. The molecule has 0 aliphatic rings. The molecule has 0 saturated heterocycles. The van der Waals surface area contributed by atoms with Crippen molar-refractivity contribution in [3.63, 3.8) is 0 Å². The molecule has 6 heteroatoms. The van der Waals surface area contributed by atoms with E-state index in [2.05, 4.69) is 9.97 Å². The van der Waals surface area contributed by atoms with Gasteiger partial charge in [-0.25, -0.2) is 9.59 Å². The molecule has 2 aromatic rings. The highest BCUT2D eigenvalue weighted by Gasteiger charge is 2.28. The monoisotopic (exact) mass is 288 g/mol. The van der Waals surface area contributed by atoms with Gasteiger partial charge in [-0.3, -0.25) is 4.98 Å². The van der Waals surface area contributed by atoms with Crippen LogP contribution in [0.1, 0.15) is 33.3 Å². The summed E-state index contributed by atoms with van der Waals surface area (Å²) in [4.78, 5) is 31.4. The second kappa shape index (κ2) is 6.21. The van der Waals surface area contributed by atoms with Crippen LogP contribution in [0.25, 0.3) is 11.4 Å². The first-order chi connectivity index (χ1) is 10.1. The molecule has 0 atom stereocenters. The minimum Gasteiger partial charge on any atom is -0.465 e. The summed E-state index contributed by atoms with van der Waals surface area (Å²) in [5.74, 6) is -1.17. The van der Waals surface area contributed by atoms with E-state index in [0.717, 1.165) is 0 Å². The molecule has 0 amide bonds. The lowest BCUT2D eigenvalue weighted by atomic mass is 10.1. The Morgan fingerprint density at radius 1 is 1.24 bits per heavy atom. The van der Waals surface area contributed by atoms with Gasteiger partial charge in [0.25, 0.3) is 0 Å². The smallest absolute Gasteiger partial charge is 0.341 e. The first-order valence-corrected chi connectivity index (χ1v) is 6.49. The number of nitrogens with one attached hydrogen (secondary N) is 1. The molecule has 0 radical (unpaired) electrons. The molecule has 0 aliphatic carbocycles. The van der Waals surface area contributed by atoms with E-state index in [9.17, 15) is 9.59 Å². The van der Waals surface area contributed by atoms with Gasteiger partial charge in [-0.2, -0.15) is 0 Å². The van der Waals surface area contributed by atoms with E-state index in [-0.39, 0.29) is 17.7 Å². The van der Waals surface area contributed by atoms with Crippen LogP contribution in [0.15, 0.2) is 24.4 Å². The summed E-state index contributed by atoms with van der Waals surface area (Å²) in [6.07, 6.45) is 1.61. The molecule has 0 fully saturated rings. The summed E-state index contributed by atoms with van der Waals surface area (Å²) in [7, 11) is 1.27. The summed E-state index contributed by atoms with van der Waals surface area (Å²) < 4.78 is 9.79. The maximum atomic E-state index is 12.2. The molecule has 21 heavy (non-hydrogen) atoms. The Labute approximate surface area is 122 Å². The Hall–Kier alpha value is -2.63. The van der Waals surface area contributed by atoms with Gasteiger partial charge in [0.2, 0.25) is 0 Å².